The van der Waals surface area contributed by atoms with Gasteiger partial charge in [0.25, 0.3) is 0 Å². The van der Waals surface area contributed by atoms with Crippen molar-refractivity contribution in [3.05, 3.63) is 11.6 Å². The zero-order valence-electron chi connectivity index (χ0n) is 8.68. The van der Waals surface area contributed by atoms with Crippen LogP contribution in [-0.4, -0.2) is 18.4 Å². The first kappa shape index (κ1) is 8.66. The number of rotatable bonds is 3. The number of carbonyl (C=O) groups is 1. The van der Waals surface area contributed by atoms with Crippen LogP contribution >= 0.6 is 0 Å². The van der Waals surface area contributed by atoms with E-state index in [4.69, 9.17) is 0 Å². The largest absolute Gasteiger partial charge is 0.313 e. The molecule has 0 saturated heterocycles. The van der Waals surface area contributed by atoms with Gasteiger partial charge in [-0.3, -0.25) is 4.79 Å². The second kappa shape index (κ2) is 2.69. The number of Topliss-reactive ketones (excluding diaryl/α,β-unsaturated/α-hetero) is 1. The molecule has 0 spiro atoms. The molecule has 1 N–H and O–H groups in total. The van der Waals surface area contributed by atoms with Crippen molar-refractivity contribution in [2.24, 2.45) is 11.8 Å². The summed E-state index contributed by atoms with van der Waals surface area (Å²) >= 11 is 0. The van der Waals surface area contributed by atoms with Gasteiger partial charge in [0.15, 0.2) is 0 Å². The summed E-state index contributed by atoms with van der Waals surface area (Å²) in [4.78, 5) is 11.4. The van der Waals surface area contributed by atoms with Gasteiger partial charge in [-0.2, -0.15) is 0 Å². The molecule has 0 aliphatic heterocycles. The molecule has 2 atom stereocenters. The van der Waals surface area contributed by atoms with Gasteiger partial charge in [-0.25, -0.2) is 0 Å². The van der Waals surface area contributed by atoms with Gasteiger partial charge in [-0.15, -0.1) is 0 Å². The van der Waals surface area contributed by atoms with E-state index in [1.165, 1.54) is 24.8 Å². The van der Waals surface area contributed by atoms with Crippen molar-refractivity contribution in [3.63, 3.8) is 0 Å². The molecule has 2 saturated carbocycles. The topological polar surface area (TPSA) is 29.1 Å². The lowest BCUT2D eigenvalue weighted by atomic mass is 9.67. The van der Waals surface area contributed by atoms with Gasteiger partial charge in [-0.05, 0) is 38.6 Å². The fraction of sp³-hybridized carbons (Fsp3) is 0.750. The summed E-state index contributed by atoms with van der Waals surface area (Å²) in [5, 5.41) is 3.36. The Morgan fingerprint density at radius 1 is 1.50 bits per heavy atom. The summed E-state index contributed by atoms with van der Waals surface area (Å²) in [6.45, 7) is 0. The molecular formula is C12H17NO. The second-order valence-corrected chi connectivity index (χ2v) is 5.18. The predicted octanol–water partition coefficient (Wildman–Crippen LogP) is 1.66. The molecule has 0 heterocycles. The lowest BCUT2D eigenvalue weighted by molar-refractivity contribution is -0.133. The van der Waals surface area contributed by atoms with E-state index in [0.717, 1.165) is 18.8 Å². The molecule has 0 amide bonds. The Balaban J connectivity index is 1.74. The molecule has 2 heteroatoms. The summed E-state index contributed by atoms with van der Waals surface area (Å²) in [7, 11) is 1.99. The van der Waals surface area contributed by atoms with Gasteiger partial charge >= 0.3 is 0 Å². The summed E-state index contributed by atoms with van der Waals surface area (Å²) in [5.74, 6) is 1.59. The van der Waals surface area contributed by atoms with Crippen LogP contribution < -0.4 is 5.32 Å². The minimum absolute atomic E-state index is 0.140. The fourth-order valence-electron chi connectivity index (χ4n) is 3.00. The number of hydrogen-bond donors (Lipinski definition) is 1. The maximum absolute atomic E-state index is 11.4. The van der Waals surface area contributed by atoms with Crippen LogP contribution in [0.4, 0.5) is 0 Å². The van der Waals surface area contributed by atoms with E-state index in [2.05, 4.69) is 11.4 Å². The zero-order valence-corrected chi connectivity index (χ0v) is 8.68. The van der Waals surface area contributed by atoms with E-state index in [-0.39, 0.29) is 11.5 Å². The van der Waals surface area contributed by atoms with Crippen LogP contribution in [0.15, 0.2) is 11.6 Å². The van der Waals surface area contributed by atoms with E-state index < -0.39 is 0 Å². The highest BCUT2D eigenvalue weighted by Gasteiger charge is 2.54. The minimum Gasteiger partial charge on any atom is -0.313 e. The number of ketones is 1. The SMILES string of the molecule is CN[C@@]12CC(=O)[C@@H]1C=C(CC1CC1)C2. The van der Waals surface area contributed by atoms with Crippen molar-refractivity contribution in [1.29, 1.82) is 0 Å². The molecule has 0 unspecified atom stereocenters. The molecule has 3 rings (SSSR count). The maximum Gasteiger partial charge on any atom is 0.143 e. The quantitative estimate of drug-likeness (QED) is 0.687. The van der Waals surface area contributed by atoms with E-state index in [0.29, 0.717) is 5.78 Å². The van der Waals surface area contributed by atoms with E-state index in [1.807, 2.05) is 7.05 Å². The minimum atomic E-state index is 0.140. The van der Waals surface area contributed by atoms with Crippen molar-refractivity contribution in [3.8, 4) is 0 Å². The van der Waals surface area contributed by atoms with Crippen LogP contribution in [0.5, 0.6) is 0 Å². The zero-order chi connectivity index (χ0) is 9.76. The van der Waals surface area contributed by atoms with Gasteiger partial charge in [0, 0.05) is 12.0 Å². The molecule has 0 bridgehead atoms. The molecule has 3 aliphatic rings. The molecule has 2 fully saturated rings. The van der Waals surface area contributed by atoms with Gasteiger partial charge in [0.1, 0.15) is 5.78 Å². The first-order chi connectivity index (χ1) is 6.73. The third-order valence-corrected chi connectivity index (χ3v) is 4.12. The van der Waals surface area contributed by atoms with Crippen LogP contribution in [0.1, 0.15) is 32.1 Å². The number of nitrogens with one attached hydrogen (secondary N) is 1. The summed E-state index contributed by atoms with van der Waals surface area (Å²) in [5.41, 5.74) is 1.68. The molecule has 3 aliphatic carbocycles. The van der Waals surface area contributed by atoms with Gasteiger partial charge in [0.2, 0.25) is 0 Å². The van der Waals surface area contributed by atoms with Crippen molar-refractivity contribution < 1.29 is 4.79 Å². The molecule has 14 heavy (non-hydrogen) atoms. The molecular weight excluding hydrogens is 174 g/mol. The van der Waals surface area contributed by atoms with Crippen LogP contribution in [0.3, 0.4) is 0 Å². The number of fused-ring (bicyclic) bond motifs is 1. The highest BCUT2D eigenvalue weighted by atomic mass is 16.1. The van der Waals surface area contributed by atoms with Crippen molar-refractivity contribution in [2.75, 3.05) is 7.05 Å². The van der Waals surface area contributed by atoms with Crippen molar-refractivity contribution in [2.45, 2.75) is 37.6 Å². The summed E-state index contributed by atoms with van der Waals surface area (Å²) in [6, 6.07) is 0. The molecule has 76 valence electrons. The Morgan fingerprint density at radius 2 is 2.29 bits per heavy atom. The van der Waals surface area contributed by atoms with E-state index in [1.54, 1.807) is 0 Å². The Labute approximate surface area is 84.8 Å². The second-order valence-electron chi connectivity index (χ2n) is 5.18. The standard InChI is InChI=1S/C12H17NO/c1-13-12-6-9(4-8-2-3-8)5-10(12)11(14)7-12/h5,8,10,13H,2-4,6-7H2,1H3/t10-,12-/m0/s1. The Morgan fingerprint density at radius 3 is 2.79 bits per heavy atom. The molecule has 0 aromatic heterocycles. The van der Waals surface area contributed by atoms with Crippen molar-refractivity contribution in [1.82, 2.24) is 5.32 Å². The van der Waals surface area contributed by atoms with Crippen LogP contribution in [0.2, 0.25) is 0 Å². The van der Waals surface area contributed by atoms with Crippen LogP contribution in [0, 0.1) is 11.8 Å². The third kappa shape index (κ3) is 1.10. The maximum atomic E-state index is 11.4. The number of hydrogen-bond acceptors (Lipinski definition) is 2. The number of carbonyl (C=O) groups excluding carboxylic acids is 1. The van der Waals surface area contributed by atoms with Crippen LogP contribution in [0.25, 0.3) is 0 Å². The fourth-order valence-corrected chi connectivity index (χ4v) is 3.00. The smallest absolute Gasteiger partial charge is 0.143 e. The molecule has 0 aromatic carbocycles. The first-order valence-corrected chi connectivity index (χ1v) is 5.65. The molecule has 2 nitrogen and oxygen atoms in total. The predicted molar refractivity (Wildman–Crippen MR) is 54.9 cm³/mol. The lowest BCUT2D eigenvalue weighted by Gasteiger charge is -2.43. The van der Waals surface area contributed by atoms with Crippen LogP contribution in [-0.2, 0) is 4.79 Å². The Bertz CT molecular complexity index is 316. The van der Waals surface area contributed by atoms with Crippen molar-refractivity contribution >= 4 is 5.78 Å². The average molecular weight is 191 g/mol. The van der Waals surface area contributed by atoms with E-state index >= 15 is 0 Å². The molecule has 0 radical (unpaired) electrons. The van der Waals surface area contributed by atoms with Gasteiger partial charge < -0.3 is 5.32 Å². The molecule has 0 aromatic rings. The normalized spacial score (nSPS) is 40.5. The Hall–Kier alpha value is -0.630. The van der Waals surface area contributed by atoms with E-state index in [9.17, 15) is 4.79 Å². The highest BCUT2D eigenvalue weighted by Crippen LogP contribution is 2.49. The third-order valence-electron chi connectivity index (χ3n) is 4.12. The monoisotopic (exact) mass is 191 g/mol. The van der Waals surface area contributed by atoms with Gasteiger partial charge in [-0.1, -0.05) is 11.6 Å². The van der Waals surface area contributed by atoms with Gasteiger partial charge in [0.05, 0.1) is 5.92 Å². The lowest BCUT2D eigenvalue weighted by Crippen LogP contribution is -2.59. The average Bonchev–Trinajstić information content (AvgIpc) is 2.91. The summed E-state index contributed by atoms with van der Waals surface area (Å²) < 4.78 is 0. The Kier molecular flexibility index (Phi) is 1.67. The summed E-state index contributed by atoms with van der Waals surface area (Å²) in [6.07, 6.45) is 8.19. The first-order valence-electron chi connectivity index (χ1n) is 5.65. The highest BCUT2D eigenvalue weighted by molar-refractivity contribution is 5.93.